The topological polar surface area (TPSA) is 61.4 Å². The summed E-state index contributed by atoms with van der Waals surface area (Å²) in [6.07, 6.45) is 0. The molecule has 1 amide bonds. The van der Waals surface area contributed by atoms with Crippen LogP contribution in [0, 0.1) is 0 Å². The van der Waals surface area contributed by atoms with Gasteiger partial charge in [0.1, 0.15) is 17.5 Å². The SMILES string of the molecule is CCN(CC(=O)N(C)C)c1cc(NC)nc(C(C)C)n1. The molecule has 0 aliphatic rings. The summed E-state index contributed by atoms with van der Waals surface area (Å²) >= 11 is 0. The van der Waals surface area contributed by atoms with Gasteiger partial charge in [-0.25, -0.2) is 9.97 Å². The lowest BCUT2D eigenvalue weighted by Gasteiger charge is -2.24. The van der Waals surface area contributed by atoms with Gasteiger partial charge < -0.3 is 15.1 Å². The molecule has 1 N–H and O–H groups in total. The van der Waals surface area contributed by atoms with Crippen molar-refractivity contribution in [3.05, 3.63) is 11.9 Å². The molecule has 0 saturated carbocycles. The van der Waals surface area contributed by atoms with Crippen molar-refractivity contribution in [3.63, 3.8) is 0 Å². The number of aromatic nitrogens is 2. The van der Waals surface area contributed by atoms with Gasteiger partial charge in [-0.05, 0) is 6.92 Å². The van der Waals surface area contributed by atoms with Gasteiger partial charge in [-0.15, -0.1) is 0 Å². The molecular weight excluding hydrogens is 254 g/mol. The number of likely N-dealkylation sites (N-methyl/N-ethyl adjacent to an activating group) is 2. The highest BCUT2D eigenvalue weighted by Crippen LogP contribution is 2.19. The van der Waals surface area contributed by atoms with Gasteiger partial charge in [0.15, 0.2) is 0 Å². The third-order valence-electron chi connectivity index (χ3n) is 3.03. The van der Waals surface area contributed by atoms with Crippen LogP contribution in [0.5, 0.6) is 0 Å². The summed E-state index contributed by atoms with van der Waals surface area (Å²) < 4.78 is 0. The number of hydrogen-bond acceptors (Lipinski definition) is 5. The van der Waals surface area contributed by atoms with Gasteiger partial charge in [-0.1, -0.05) is 13.8 Å². The highest BCUT2D eigenvalue weighted by atomic mass is 16.2. The van der Waals surface area contributed by atoms with Crippen LogP contribution in [0.25, 0.3) is 0 Å². The van der Waals surface area contributed by atoms with Gasteiger partial charge in [-0.3, -0.25) is 4.79 Å². The van der Waals surface area contributed by atoms with E-state index in [0.717, 1.165) is 24.0 Å². The first-order valence-corrected chi connectivity index (χ1v) is 6.90. The quantitative estimate of drug-likeness (QED) is 0.856. The predicted octanol–water partition coefficient (Wildman–Crippen LogP) is 1.56. The minimum absolute atomic E-state index is 0.0579. The molecule has 1 heterocycles. The predicted molar refractivity (Wildman–Crippen MR) is 82.2 cm³/mol. The number of nitrogens with zero attached hydrogens (tertiary/aromatic N) is 4. The standard InChI is InChI=1S/C14H25N5O/c1-7-19(9-13(20)18(5)6)12-8-11(15-4)16-14(17-12)10(2)3/h8,10H,7,9H2,1-6H3,(H,15,16,17). The minimum atomic E-state index is 0.0579. The number of rotatable bonds is 6. The smallest absolute Gasteiger partial charge is 0.241 e. The zero-order valence-electron chi connectivity index (χ0n) is 13.3. The molecule has 0 aliphatic heterocycles. The minimum Gasteiger partial charge on any atom is -0.373 e. The molecule has 0 radical (unpaired) electrons. The number of nitrogens with one attached hydrogen (secondary N) is 1. The van der Waals surface area contributed by atoms with Gasteiger partial charge >= 0.3 is 0 Å². The van der Waals surface area contributed by atoms with Crippen LogP contribution in [0.4, 0.5) is 11.6 Å². The van der Waals surface area contributed by atoms with Gasteiger partial charge in [0, 0.05) is 39.7 Å². The van der Waals surface area contributed by atoms with E-state index in [9.17, 15) is 4.79 Å². The average Bonchev–Trinajstić information content (AvgIpc) is 2.43. The lowest BCUT2D eigenvalue weighted by molar-refractivity contribution is -0.127. The van der Waals surface area contributed by atoms with E-state index in [1.165, 1.54) is 0 Å². The van der Waals surface area contributed by atoms with Crippen LogP contribution in [0.15, 0.2) is 6.07 Å². The Morgan fingerprint density at radius 3 is 2.45 bits per heavy atom. The molecule has 1 rings (SSSR count). The molecule has 6 heteroatoms. The molecule has 0 aromatic carbocycles. The number of amides is 1. The lowest BCUT2D eigenvalue weighted by Crippen LogP contribution is -2.37. The second kappa shape index (κ2) is 7.07. The second-order valence-electron chi connectivity index (χ2n) is 5.18. The van der Waals surface area contributed by atoms with Crippen molar-refractivity contribution in [1.29, 1.82) is 0 Å². The van der Waals surface area contributed by atoms with E-state index in [-0.39, 0.29) is 11.8 Å². The molecule has 20 heavy (non-hydrogen) atoms. The van der Waals surface area contributed by atoms with Crippen LogP contribution in [0.1, 0.15) is 32.5 Å². The summed E-state index contributed by atoms with van der Waals surface area (Å²) in [6.45, 7) is 7.16. The van der Waals surface area contributed by atoms with Crippen molar-refractivity contribution in [2.75, 3.05) is 44.4 Å². The number of carbonyl (C=O) groups excluding carboxylic acids is 1. The summed E-state index contributed by atoms with van der Waals surface area (Å²) in [6, 6.07) is 1.87. The Bertz CT molecular complexity index is 459. The molecule has 0 saturated heterocycles. The zero-order chi connectivity index (χ0) is 15.3. The van der Waals surface area contributed by atoms with Crippen LogP contribution in [-0.4, -0.2) is 55.0 Å². The maximum atomic E-state index is 11.9. The highest BCUT2D eigenvalue weighted by molar-refractivity contribution is 5.80. The summed E-state index contributed by atoms with van der Waals surface area (Å²) in [5.41, 5.74) is 0. The molecule has 0 spiro atoms. The summed E-state index contributed by atoms with van der Waals surface area (Å²) in [5, 5.41) is 3.04. The molecule has 0 atom stereocenters. The van der Waals surface area contributed by atoms with Crippen molar-refractivity contribution in [3.8, 4) is 0 Å². The molecule has 1 aromatic heterocycles. The summed E-state index contributed by atoms with van der Waals surface area (Å²) in [7, 11) is 5.35. The number of anilines is 2. The van der Waals surface area contributed by atoms with Crippen LogP contribution in [-0.2, 0) is 4.79 Å². The molecular formula is C14H25N5O. The third kappa shape index (κ3) is 4.08. The first-order chi connectivity index (χ1) is 9.38. The molecule has 0 unspecified atom stereocenters. The maximum absolute atomic E-state index is 11.9. The van der Waals surface area contributed by atoms with Crippen LogP contribution >= 0.6 is 0 Å². The number of carbonyl (C=O) groups is 1. The van der Waals surface area contributed by atoms with E-state index < -0.39 is 0 Å². The molecule has 1 aromatic rings. The van der Waals surface area contributed by atoms with Gasteiger partial charge in [0.25, 0.3) is 0 Å². The van der Waals surface area contributed by atoms with Crippen molar-refractivity contribution in [2.24, 2.45) is 0 Å². The summed E-state index contributed by atoms with van der Waals surface area (Å²) in [5.74, 6) is 2.63. The Kier molecular flexibility index (Phi) is 5.73. The molecule has 0 aliphatic carbocycles. The van der Waals surface area contributed by atoms with Crippen molar-refractivity contribution < 1.29 is 4.79 Å². The highest BCUT2D eigenvalue weighted by Gasteiger charge is 2.15. The third-order valence-corrected chi connectivity index (χ3v) is 3.03. The zero-order valence-corrected chi connectivity index (χ0v) is 13.3. The van der Waals surface area contributed by atoms with Crippen LogP contribution in [0.2, 0.25) is 0 Å². The van der Waals surface area contributed by atoms with E-state index in [1.54, 1.807) is 19.0 Å². The second-order valence-corrected chi connectivity index (χ2v) is 5.18. The van der Waals surface area contributed by atoms with Gasteiger partial charge in [-0.2, -0.15) is 0 Å². The average molecular weight is 279 g/mol. The monoisotopic (exact) mass is 279 g/mol. The van der Waals surface area contributed by atoms with E-state index >= 15 is 0 Å². The Balaban J connectivity index is 3.07. The van der Waals surface area contributed by atoms with E-state index in [0.29, 0.717) is 6.54 Å². The van der Waals surface area contributed by atoms with Crippen molar-refractivity contribution in [2.45, 2.75) is 26.7 Å². The summed E-state index contributed by atoms with van der Waals surface area (Å²) in [4.78, 5) is 24.4. The maximum Gasteiger partial charge on any atom is 0.241 e. The molecule has 112 valence electrons. The van der Waals surface area contributed by atoms with E-state index in [2.05, 4.69) is 29.1 Å². The largest absolute Gasteiger partial charge is 0.373 e. The van der Waals surface area contributed by atoms with Crippen molar-refractivity contribution >= 4 is 17.5 Å². The van der Waals surface area contributed by atoms with Crippen LogP contribution in [0.3, 0.4) is 0 Å². The normalized spacial score (nSPS) is 10.6. The Morgan fingerprint density at radius 1 is 1.35 bits per heavy atom. The van der Waals surface area contributed by atoms with Crippen LogP contribution < -0.4 is 10.2 Å². The first-order valence-electron chi connectivity index (χ1n) is 6.90. The first kappa shape index (κ1) is 16.2. The fraction of sp³-hybridized carbons (Fsp3) is 0.643. The van der Waals surface area contributed by atoms with E-state index in [1.807, 2.05) is 24.9 Å². The fourth-order valence-corrected chi connectivity index (χ4v) is 1.66. The van der Waals surface area contributed by atoms with Crippen molar-refractivity contribution in [1.82, 2.24) is 14.9 Å². The Hall–Kier alpha value is -1.85. The molecule has 6 nitrogen and oxygen atoms in total. The van der Waals surface area contributed by atoms with Gasteiger partial charge in [0.2, 0.25) is 5.91 Å². The Labute approximate surface area is 121 Å². The Morgan fingerprint density at radius 2 is 2.00 bits per heavy atom. The van der Waals surface area contributed by atoms with E-state index in [4.69, 9.17) is 0 Å². The fourth-order valence-electron chi connectivity index (χ4n) is 1.66. The lowest BCUT2D eigenvalue weighted by atomic mass is 10.2. The number of hydrogen-bond donors (Lipinski definition) is 1. The molecule has 0 fully saturated rings. The van der Waals surface area contributed by atoms with Gasteiger partial charge in [0.05, 0.1) is 6.54 Å². The molecule has 0 bridgehead atoms.